The summed E-state index contributed by atoms with van der Waals surface area (Å²) in [6.07, 6.45) is 1.06. The largest absolute Gasteiger partial charge is 0.396 e. The van der Waals surface area contributed by atoms with E-state index in [0.29, 0.717) is 6.07 Å². The van der Waals surface area contributed by atoms with Crippen molar-refractivity contribution in [2.24, 2.45) is 0 Å². The molecular formula is C11H8F3N3O2S. The lowest BCUT2D eigenvalue weighted by atomic mass is 10.2. The standard InChI is InChI=1S/C11H8F3N3O2S/c12-6-2-1-3-16-11(6)20(18,19)17-10-5-9(15)7(13)4-8(10)14/h1-5,17H,15H2. The zero-order chi connectivity index (χ0) is 14.9. The fraction of sp³-hybridized carbons (Fsp3) is 0. The smallest absolute Gasteiger partial charge is 0.282 e. The van der Waals surface area contributed by atoms with E-state index >= 15 is 0 Å². The summed E-state index contributed by atoms with van der Waals surface area (Å²) in [7, 11) is -4.45. The van der Waals surface area contributed by atoms with E-state index in [1.807, 2.05) is 0 Å². The van der Waals surface area contributed by atoms with Crippen LogP contribution in [0.25, 0.3) is 0 Å². The molecule has 2 aromatic rings. The molecule has 0 unspecified atom stereocenters. The zero-order valence-corrected chi connectivity index (χ0v) is 10.6. The van der Waals surface area contributed by atoms with Crippen molar-refractivity contribution in [1.29, 1.82) is 0 Å². The predicted molar refractivity (Wildman–Crippen MR) is 65.8 cm³/mol. The minimum Gasteiger partial charge on any atom is -0.396 e. The van der Waals surface area contributed by atoms with Crippen LogP contribution in [-0.4, -0.2) is 13.4 Å². The zero-order valence-electron chi connectivity index (χ0n) is 9.77. The van der Waals surface area contributed by atoms with Gasteiger partial charge in [-0.3, -0.25) is 4.72 Å². The van der Waals surface area contributed by atoms with Gasteiger partial charge in [0.25, 0.3) is 10.0 Å². The molecule has 3 N–H and O–H groups in total. The van der Waals surface area contributed by atoms with Crippen molar-refractivity contribution in [2.45, 2.75) is 5.03 Å². The summed E-state index contributed by atoms with van der Waals surface area (Å²) in [4.78, 5) is 3.36. The van der Waals surface area contributed by atoms with Crippen molar-refractivity contribution in [3.8, 4) is 0 Å². The van der Waals surface area contributed by atoms with E-state index in [-0.39, 0.29) is 0 Å². The van der Waals surface area contributed by atoms with Gasteiger partial charge >= 0.3 is 0 Å². The Kier molecular flexibility index (Phi) is 3.53. The van der Waals surface area contributed by atoms with Crippen molar-refractivity contribution >= 4 is 21.4 Å². The molecule has 5 nitrogen and oxygen atoms in total. The molecule has 106 valence electrons. The van der Waals surface area contributed by atoms with E-state index < -0.39 is 43.9 Å². The van der Waals surface area contributed by atoms with Gasteiger partial charge in [-0.1, -0.05) is 0 Å². The summed E-state index contributed by atoms with van der Waals surface area (Å²) >= 11 is 0. The Morgan fingerprint density at radius 2 is 1.80 bits per heavy atom. The molecule has 0 atom stereocenters. The van der Waals surface area contributed by atoms with Crippen LogP contribution in [0.1, 0.15) is 0 Å². The van der Waals surface area contributed by atoms with Crippen LogP contribution >= 0.6 is 0 Å². The predicted octanol–water partition coefficient (Wildman–Crippen LogP) is 1.88. The average molecular weight is 303 g/mol. The van der Waals surface area contributed by atoms with Crippen LogP contribution in [0, 0.1) is 17.5 Å². The highest BCUT2D eigenvalue weighted by atomic mass is 32.2. The SMILES string of the molecule is Nc1cc(NS(=O)(=O)c2ncccc2F)c(F)cc1F. The molecule has 20 heavy (non-hydrogen) atoms. The summed E-state index contributed by atoms with van der Waals surface area (Å²) in [5, 5.41) is -0.901. The second kappa shape index (κ2) is 5.00. The number of pyridine rings is 1. The van der Waals surface area contributed by atoms with E-state index in [0.717, 1.165) is 18.3 Å². The maximum atomic E-state index is 13.4. The Hall–Kier alpha value is -2.29. The highest BCUT2D eigenvalue weighted by Crippen LogP contribution is 2.24. The van der Waals surface area contributed by atoms with Crippen molar-refractivity contribution in [1.82, 2.24) is 4.98 Å². The number of nitrogens with two attached hydrogens (primary N) is 1. The molecule has 0 radical (unpaired) electrons. The molecule has 0 fully saturated rings. The van der Waals surface area contributed by atoms with Crippen LogP contribution in [0.5, 0.6) is 0 Å². The lowest BCUT2D eigenvalue weighted by Gasteiger charge is -2.09. The topological polar surface area (TPSA) is 85.1 Å². The average Bonchev–Trinajstić information content (AvgIpc) is 2.36. The molecule has 1 aromatic heterocycles. The third kappa shape index (κ3) is 2.67. The second-order valence-electron chi connectivity index (χ2n) is 3.75. The lowest BCUT2D eigenvalue weighted by Crippen LogP contribution is -2.17. The van der Waals surface area contributed by atoms with E-state index in [1.165, 1.54) is 6.07 Å². The molecule has 0 saturated carbocycles. The number of aromatic nitrogens is 1. The number of halogens is 3. The first-order chi connectivity index (χ1) is 9.31. The molecule has 0 aliphatic rings. The number of hydrogen-bond donors (Lipinski definition) is 2. The lowest BCUT2D eigenvalue weighted by molar-refractivity contribution is 0.555. The minimum absolute atomic E-state index is 0.419. The molecule has 0 amide bonds. The normalized spacial score (nSPS) is 11.3. The molecule has 0 aliphatic heterocycles. The number of nitrogens with zero attached hydrogens (tertiary/aromatic N) is 1. The Morgan fingerprint density at radius 3 is 2.45 bits per heavy atom. The van der Waals surface area contributed by atoms with Crippen molar-refractivity contribution in [3.63, 3.8) is 0 Å². The third-order valence-corrected chi connectivity index (χ3v) is 3.61. The van der Waals surface area contributed by atoms with Gasteiger partial charge in [-0.2, -0.15) is 8.42 Å². The summed E-state index contributed by atoms with van der Waals surface area (Å²) < 4.78 is 65.2. The Balaban J connectivity index is 2.44. The molecule has 1 aromatic carbocycles. The number of nitrogens with one attached hydrogen (secondary N) is 1. The van der Waals surface area contributed by atoms with Gasteiger partial charge in [-0.15, -0.1) is 0 Å². The highest BCUT2D eigenvalue weighted by Gasteiger charge is 2.22. The van der Waals surface area contributed by atoms with Crippen LogP contribution in [0.15, 0.2) is 35.5 Å². The quantitative estimate of drug-likeness (QED) is 0.848. The van der Waals surface area contributed by atoms with Gasteiger partial charge in [0.2, 0.25) is 5.03 Å². The number of nitrogen functional groups attached to an aromatic ring is 1. The van der Waals surface area contributed by atoms with E-state index in [9.17, 15) is 21.6 Å². The maximum Gasteiger partial charge on any atom is 0.282 e. The van der Waals surface area contributed by atoms with Crippen molar-refractivity contribution in [2.75, 3.05) is 10.5 Å². The first-order valence-corrected chi connectivity index (χ1v) is 6.67. The van der Waals surface area contributed by atoms with E-state index in [2.05, 4.69) is 4.98 Å². The van der Waals surface area contributed by atoms with Gasteiger partial charge in [0.1, 0.15) is 11.6 Å². The fourth-order valence-corrected chi connectivity index (χ4v) is 2.47. The van der Waals surface area contributed by atoms with Gasteiger partial charge in [0.15, 0.2) is 5.82 Å². The molecule has 0 bridgehead atoms. The molecule has 1 heterocycles. The summed E-state index contributed by atoms with van der Waals surface area (Å²) in [5.74, 6) is -3.32. The number of sulfonamides is 1. The molecule has 2 rings (SSSR count). The maximum absolute atomic E-state index is 13.4. The number of rotatable bonds is 3. The second-order valence-corrected chi connectivity index (χ2v) is 5.35. The molecule has 0 spiro atoms. The summed E-state index contributed by atoms with van der Waals surface area (Å²) in [6, 6.07) is 3.26. The Morgan fingerprint density at radius 1 is 1.10 bits per heavy atom. The third-order valence-electron chi connectivity index (χ3n) is 2.31. The van der Waals surface area contributed by atoms with Crippen molar-refractivity contribution < 1.29 is 21.6 Å². The van der Waals surface area contributed by atoms with E-state index in [4.69, 9.17) is 5.73 Å². The number of benzene rings is 1. The van der Waals surface area contributed by atoms with Crippen LogP contribution < -0.4 is 10.5 Å². The minimum atomic E-state index is -4.45. The first kappa shape index (κ1) is 14.1. The van der Waals surface area contributed by atoms with Gasteiger partial charge in [0, 0.05) is 12.3 Å². The van der Waals surface area contributed by atoms with Crippen LogP contribution in [-0.2, 0) is 10.0 Å². The fourth-order valence-electron chi connectivity index (χ4n) is 1.41. The molecule has 0 saturated heterocycles. The molecular weight excluding hydrogens is 295 g/mol. The van der Waals surface area contributed by atoms with Gasteiger partial charge in [0.05, 0.1) is 11.4 Å². The number of hydrogen-bond acceptors (Lipinski definition) is 4. The van der Waals surface area contributed by atoms with Gasteiger partial charge in [-0.25, -0.2) is 18.2 Å². The van der Waals surface area contributed by atoms with Crippen LogP contribution in [0.3, 0.4) is 0 Å². The monoisotopic (exact) mass is 303 g/mol. The summed E-state index contributed by atoms with van der Waals surface area (Å²) in [6.45, 7) is 0. The van der Waals surface area contributed by atoms with Crippen LogP contribution in [0.2, 0.25) is 0 Å². The number of anilines is 2. The Bertz CT molecular complexity index is 766. The first-order valence-electron chi connectivity index (χ1n) is 5.19. The van der Waals surface area contributed by atoms with Crippen LogP contribution in [0.4, 0.5) is 24.5 Å². The molecule has 0 aliphatic carbocycles. The molecule has 9 heteroatoms. The van der Waals surface area contributed by atoms with E-state index in [1.54, 1.807) is 4.72 Å². The summed E-state index contributed by atoms with van der Waals surface area (Å²) in [5.41, 5.74) is 4.15. The Labute approximate surface area is 112 Å². The van der Waals surface area contributed by atoms with Crippen molar-refractivity contribution in [3.05, 3.63) is 47.9 Å². The highest BCUT2D eigenvalue weighted by molar-refractivity contribution is 7.92. The van der Waals surface area contributed by atoms with Gasteiger partial charge in [-0.05, 0) is 18.2 Å². The van der Waals surface area contributed by atoms with Gasteiger partial charge < -0.3 is 5.73 Å².